The Morgan fingerprint density at radius 2 is 1.88 bits per heavy atom. The molecule has 10 nitrogen and oxygen atoms in total. The van der Waals surface area contributed by atoms with E-state index in [2.05, 4.69) is 10.3 Å². The van der Waals surface area contributed by atoms with E-state index in [9.17, 15) is 19.5 Å². The van der Waals surface area contributed by atoms with Crippen molar-refractivity contribution in [2.24, 2.45) is 5.73 Å². The van der Waals surface area contributed by atoms with Gasteiger partial charge in [0, 0.05) is 43.3 Å². The minimum Gasteiger partial charge on any atom is -0.396 e. The average Bonchev–Trinajstić information content (AvgIpc) is 3.36. The van der Waals surface area contributed by atoms with Gasteiger partial charge in [-0.1, -0.05) is 71.4 Å². The van der Waals surface area contributed by atoms with Crippen LogP contribution >= 0.6 is 11.6 Å². The predicted molar refractivity (Wildman–Crippen MR) is 158 cm³/mol. The smallest absolute Gasteiger partial charge is 0.250 e. The van der Waals surface area contributed by atoms with Crippen molar-refractivity contribution in [3.8, 4) is 0 Å². The van der Waals surface area contributed by atoms with Crippen LogP contribution in [0.15, 0.2) is 72.9 Å². The molecule has 3 aromatic carbocycles. The van der Waals surface area contributed by atoms with E-state index in [0.717, 1.165) is 16.3 Å². The fourth-order valence-corrected chi connectivity index (χ4v) is 5.89. The molecule has 0 spiro atoms. The van der Waals surface area contributed by atoms with Gasteiger partial charge in [-0.05, 0) is 47.4 Å². The van der Waals surface area contributed by atoms with Gasteiger partial charge in [0.1, 0.15) is 18.6 Å². The van der Waals surface area contributed by atoms with Gasteiger partial charge in [-0.3, -0.25) is 14.4 Å². The Labute approximate surface area is 248 Å². The van der Waals surface area contributed by atoms with E-state index in [1.807, 2.05) is 49.4 Å². The number of fused-ring (bicyclic) bond motifs is 1. The van der Waals surface area contributed by atoms with E-state index in [4.69, 9.17) is 17.3 Å². The maximum absolute atomic E-state index is 14.5. The van der Waals surface area contributed by atoms with E-state index in [0.29, 0.717) is 29.1 Å². The first kappa shape index (κ1) is 29.2. The molecule has 1 aromatic heterocycles. The van der Waals surface area contributed by atoms with E-state index in [1.54, 1.807) is 35.4 Å². The summed E-state index contributed by atoms with van der Waals surface area (Å²) < 4.78 is 1.40. The summed E-state index contributed by atoms with van der Waals surface area (Å²) in [6, 6.07) is 18.3. The highest BCUT2D eigenvalue weighted by Crippen LogP contribution is 2.33. The van der Waals surface area contributed by atoms with E-state index < -0.39 is 23.9 Å². The minimum absolute atomic E-state index is 0.0865. The van der Waals surface area contributed by atoms with Gasteiger partial charge in [0.2, 0.25) is 11.8 Å². The Bertz CT molecular complexity index is 1600. The van der Waals surface area contributed by atoms with Gasteiger partial charge in [0.15, 0.2) is 0 Å². The number of nitrogens with zero attached hydrogens (tertiary/aromatic N) is 5. The molecule has 11 heteroatoms. The van der Waals surface area contributed by atoms with E-state index in [1.165, 1.54) is 9.58 Å². The summed E-state index contributed by atoms with van der Waals surface area (Å²) in [5.41, 5.74) is 7.96. The van der Waals surface area contributed by atoms with Crippen LogP contribution in [0.4, 0.5) is 0 Å². The normalized spacial score (nSPS) is 18.2. The molecule has 3 amide bonds. The van der Waals surface area contributed by atoms with Gasteiger partial charge in [0.05, 0.1) is 5.69 Å². The standard InChI is InChI=1S/C31H33ClN6O4/c1-20-12-14-37(27(30(33)41)17-22-8-4-7-21-6-2-3-11-26(21)22)31(42)29(23-9-5-10-24(32)16-23)38(20)28(40)19-36-18-25(13-15-39)34-35-36/h2-11,16,18,20,27,29,39H,12-15,17,19H2,1H3,(H2,33,41)/t20-,27?,29+/m1/s1. The molecule has 1 fully saturated rings. The van der Waals surface area contributed by atoms with Crippen LogP contribution in [0.1, 0.15) is 36.2 Å². The summed E-state index contributed by atoms with van der Waals surface area (Å²) >= 11 is 6.35. The van der Waals surface area contributed by atoms with Crippen molar-refractivity contribution in [2.75, 3.05) is 13.2 Å². The summed E-state index contributed by atoms with van der Waals surface area (Å²) in [6.07, 6.45) is 2.59. The van der Waals surface area contributed by atoms with Crippen molar-refractivity contribution in [1.82, 2.24) is 24.8 Å². The molecular formula is C31H33ClN6O4. The molecule has 3 atom stereocenters. The van der Waals surface area contributed by atoms with Gasteiger partial charge in [0.25, 0.3) is 5.91 Å². The minimum atomic E-state index is -1.04. The molecule has 3 N–H and O–H groups in total. The molecule has 1 unspecified atom stereocenters. The molecular weight excluding hydrogens is 556 g/mol. The van der Waals surface area contributed by atoms with Crippen molar-refractivity contribution >= 4 is 40.1 Å². The summed E-state index contributed by atoms with van der Waals surface area (Å²) in [5.74, 6) is -1.36. The summed E-state index contributed by atoms with van der Waals surface area (Å²) in [5, 5.41) is 19.7. The Hall–Kier alpha value is -4.28. The number of carbonyl (C=O) groups is 3. The highest BCUT2D eigenvalue weighted by molar-refractivity contribution is 6.30. The number of hydrogen-bond acceptors (Lipinski definition) is 6. The van der Waals surface area contributed by atoms with Crippen molar-refractivity contribution in [1.29, 1.82) is 0 Å². The molecule has 2 heterocycles. The molecule has 0 radical (unpaired) electrons. The zero-order chi connectivity index (χ0) is 29.8. The zero-order valence-electron chi connectivity index (χ0n) is 23.3. The lowest BCUT2D eigenvalue weighted by atomic mass is 9.96. The first-order chi connectivity index (χ1) is 20.3. The second kappa shape index (κ2) is 12.7. The van der Waals surface area contributed by atoms with Crippen molar-refractivity contribution in [3.05, 3.63) is 94.8 Å². The summed E-state index contributed by atoms with van der Waals surface area (Å²) in [6.45, 7) is 1.89. The van der Waals surface area contributed by atoms with Crippen LogP contribution in [0.5, 0.6) is 0 Å². The highest BCUT2D eigenvalue weighted by Gasteiger charge is 2.43. The zero-order valence-corrected chi connectivity index (χ0v) is 24.0. The van der Waals surface area contributed by atoms with E-state index in [-0.39, 0.29) is 38.1 Å². The molecule has 5 rings (SSSR count). The molecule has 1 aliphatic rings. The topological polar surface area (TPSA) is 135 Å². The molecule has 0 bridgehead atoms. The van der Waals surface area contributed by atoms with Crippen LogP contribution in [-0.4, -0.2) is 72.9 Å². The molecule has 218 valence electrons. The maximum atomic E-state index is 14.5. The molecule has 0 saturated carbocycles. The number of amides is 3. The van der Waals surface area contributed by atoms with Crippen LogP contribution < -0.4 is 5.73 Å². The lowest BCUT2D eigenvalue weighted by Crippen LogP contribution is -2.52. The molecule has 1 saturated heterocycles. The third kappa shape index (κ3) is 6.14. The number of aromatic nitrogens is 3. The van der Waals surface area contributed by atoms with Gasteiger partial charge >= 0.3 is 0 Å². The van der Waals surface area contributed by atoms with Crippen LogP contribution in [0.25, 0.3) is 10.8 Å². The molecule has 4 aromatic rings. The SMILES string of the molecule is C[C@@H]1CCN(C(Cc2cccc3ccccc23)C(N)=O)C(=O)[C@H](c2cccc(Cl)c2)N1C(=O)Cn1cc(CCO)nn1. The van der Waals surface area contributed by atoms with Crippen molar-refractivity contribution in [3.63, 3.8) is 0 Å². The first-order valence-corrected chi connectivity index (χ1v) is 14.3. The summed E-state index contributed by atoms with van der Waals surface area (Å²) in [4.78, 5) is 44.4. The van der Waals surface area contributed by atoms with E-state index >= 15 is 0 Å². The van der Waals surface area contributed by atoms with Crippen LogP contribution in [-0.2, 0) is 33.8 Å². The fourth-order valence-electron chi connectivity index (χ4n) is 5.69. The third-order valence-corrected chi connectivity index (χ3v) is 7.99. The van der Waals surface area contributed by atoms with Crippen LogP contribution in [0, 0.1) is 0 Å². The monoisotopic (exact) mass is 588 g/mol. The van der Waals surface area contributed by atoms with Crippen LogP contribution in [0.2, 0.25) is 5.02 Å². The van der Waals surface area contributed by atoms with Crippen molar-refractivity contribution in [2.45, 2.75) is 50.9 Å². The third-order valence-electron chi connectivity index (χ3n) is 7.76. The number of carbonyl (C=O) groups excluding carboxylic acids is 3. The Balaban J connectivity index is 1.51. The fraction of sp³-hybridized carbons (Fsp3) is 0.323. The van der Waals surface area contributed by atoms with Crippen LogP contribution in [0.3, 0.4) is 0 Å². The lowest BCUT2D eigenvalue weighted by molar-refractivity contribution is -0.148. The number of primary amides is 1. The van der Waals surface area contributed by atoms with Gasteiger partial charge in [-0.2, -0.15) is 0 Å². The largest absolute Gasteiger partial charge is 0.396 e. The summed E-state index contributed by atoms with van der Waals surface area (Å²) in [7, 11) is 0. The number of aliphatic hydroxyl groups is 1. The number of aliphatic hydroxyl groups excluding tert-OH is 1. The Morgan fingerprint density at radius 1 is 1.12 bits per heavy atom. The number of nitrogens with two attached hydrogens (primary N) is 1. The highest BCUT2D eigenvalue weighted by atomic mass is 35.5. The van der Waals surface area contributed by atoms with Gasteiger partial charge in [-0.15, -0.1) is 5.10 Å². The second-order valence-electron chi connectivity index (χ2n) is 10.6. The average molecular weight is 589 g/mol. The Kier molecular flexibility index (Phi) is 8.84. The maximum Gasteiger partial charge on any atom is 0.250 e. The number of hydrogen-bond donors (Lipinski definition) is 2. The number of halogens is 1. The predicted octanol–water partition coefficient (Wildman–Crippen LogP) is 2.91. The molecule has 42 heavy (non-hydrogen) atoms. The Morgan fingerprint density at radius 3 is 2.64 bits per heavy atom. The number of rotatable bonds is 9. The molecule has 0 aliphatic carbocycles. The first-order valence-electron chi connectivity index (χ1n) is 13.9. The second-order valence-corrected chi connectivity index (χ2v) is 11.0. The van der Waals surface area contributed by atoms with Gasteiger partial charge in [-0.25, -0.2) is 4.68 Å². The van der Waals surface area contributed by atoms with Gasteiger partial charge < -0.3 is 20.6 Å². The molecule has 1 aliphatic heterocycles. The quantitative estimate of drug-likeness (QED) is 0.309. The number of benzene rings is 3. The lowest BCUT2D eigenvalue weighted by Gasteiger charge is -2.35. The van der Waals surface area contributed by atoms with Crippen molar-refractivity contribution < 1.29 is 19.5 Å².